The highest BCUT2D eigenvalue weighted by molar-refractivity contribution is 5.84. The molecule has 224 valence electrons. The molecule has 38 heavy (non-hydrogen) atoms. The second-order valence-corrected chi connectivity index (χ2v) is 12.5. The summed E-state index contributed by atoms with van der Waals surface area (Å²) in [4.78, 5) is 25.2. The predicted molar refractivity (Wildman–Crippen MR) is 161 cm³/mol. The second-order valence-electron chi connectivity index (χ2n) is 12.5. The number of hydrogen-bond acceptors (Lipinski definition) is 3. The summed E-state index contributed by atoms with van der Waals surface area (Å²) in [5.74, 6) is -1.71. The predicted octanol–water partition coefficient (Wildman–Crippen LogP) is 10.8. The first-order valence-electron chi connectivity index (χ1n) is 16.9. The lowest BCUT2D eigenvalue weighted by molar-refractivity contribution is -0.174. The zero-order chi connectivity index (χ0) is 27.9. The Morgan fingerprint density at radius 1 is 0.684 bits per heavy atom. The second kappa shape index (κ2) is 22.7. The number of ether oxygens (including phenoxy) is 1. The summed E-state index contributed by atoms with van der Waals surface area (Å²) >= 11 is 0. The van der Waals surface area contributed by atoms with Gasteiger partial charge < -0.3 is 9.84 Å². The van der Waals surface area contributed by atoms with E-state index < -0.39 is 17.3 Å². The van der Waals surface area contributed by atoms with E-state index in [0.29, 0.717) is 12.8 Å². The van der Waals surface area contributed by atoms with E-state index in [0.717, 1.165) is 38.5 Å². The third kappa shape index (κ3) is 15.5. The van der Waals surface area contributed by atoms with Crippen molar-refractivity contribution < 1.29 is 19.4 Å². The Hall–Kier alpha value is -1.06. The first-order valence-corrected chi connectivity index (χ1v) is 16.9. The van der Waals surface area contributed by atoms with Crippen LogP contribution in [0.15, 0.2) is 0 Å². The quantitative estimate of drug-likeness (QED) is 0.0930. The molecule has 0 bridgehead atoms. The lowest BCUT2D eigenvalue weighted by Crippen LogP contribution is -2.44. The van der Waals surface area contributed by atoms with Crippen molar-refractivity contribution >= 4 is 11.9 Å². The fourth-order valence-corrected chi connectivity index (χ4v) is 6.24. The van der Waals surface area contributed by atoms with E-state index in [1.807, 2.05) is 6.92 Å². The van der Waals surface area contributed by atoms with Crippen LogP contribution in [0.3, 0.4) is 0 Å². The first-order chi connectivity index (χ1) is 18.5. The average Bonchev–Trinajstić information content (AvgIpc) is 2.90. The molecule has 1 N–H and O–H groups in total. The minimum Gasteiger partial charge on any atom is -0.481 e. The molecule has 0 aromatic rings. The van der Waals surface area contributed by atoms with E-state index in [4.69, 9.17) is 4.74 Å². The number of carboxylic acid groups (broad SMARTS) is 1. The van der Waals surface area contributed by atoms with Crippen LogP contribution in [-0.4, -0.2) is 23.1 Å². The minimum absolute atomic E-state index is 0.0567. The van der Waals surface area contributed by atoms with E-state index in [1.165, 1.54) is 116 Å². The van der Waals surface area contributed by atoms with Crippen LogP contribution in [0.2, 0.25) is 0 Å². The molecule has 0 heterocycles. The number of esters is 1. The third-order valence-electron chi connectivity index (χ3n) is 9.01. The first kappa shape index (κ1) is 35.0. The van der Waals surface area contributed by atoms with Gasteiger partial charge in [0.1, 0.15) is 6.10 Å². The molecule has 1 aliphatic rings. The normalized spacial score (nSPS) is 19.6. The molecule has 1 saturated carbocycles. The molecule has 0 aromatic carbocycles. The van der Waals surface area contributed by atoms with E-state index in [1.54, 1.807) is 0 Å². The van der Waals surface area contributed by atoms with Gasteiger partial charge in [0.25, 0.3) is 0 Å². The highest BCUT2D eigenvalue weighted by Gasteiger charge is 2.48. The minimum atomic E-state index is -0.877. The van der Waals surface area contributed by atoms with Crippen molar-refractivity contribution in [3.8, 4) is 0 Å². The van der Waals surface area contributed by atoms with Crippen LogP contribution in [0, 0.1) is 11.3 Å². The molecule has 0 radical (unpaired) electrons. The van der Waals surface area contributed by atoms with Crippen LogP contribution in [-0.2, 0) is 14.3 Å². The molecule has 0 saturated heterocycles. The maximum Gasteiger partial charge on any atom is 0.312 e. The maximum atomic E-state index is 13.3. The summed E-state index contributed by atoms with van der Waals surface area (Å²) in [6.45, 7) is 6.37. The summed E-state index contributed by atoms with van der Waals surface area (Å²) < 4.78 is 6.14. The van der Waals surface area contributed by atoms with E-state index >= 15 is 0 Å². The van der Waals surface area contributed by atoms with Gasteiger partial charge in [0.15, 0.2) is 0 Å². The van der Waals surface area contributed by atoms with Crippen molar-refractivity contribution in [1.29, 1.82) is 0 Å². The largest absolute Gasteiger partial charge is 0.481 e. The van der Waals surface area contributed by atoms with Gasteiger partial charge in [-0.05, 0) is 45.4 Å². The third-order valence-corrected chi connectivity index (χ3v) is 9.01. The molecular weight excluding hydrogens is 472 g/mol. The number of rotatable bonds is 25. The number of carbonyl (C=O) groups excluding carboxylic acids is 1. The van der Waals surface area contributed by atoms with E-state index in [9.17, 15) is 14.7 Å². The number of carboxylic acids is 1. The number of aliphatic carboxylic acids is 1. The van der Waals surface area contributed by atoms with E-state index in [-0.39, 0.29) is 12.1 Å². The van der Waals surface area contributed by atoms with Crippen LogP contribution < -0.4 is 0 Å². The highest BCUT2D eigenvalue weighted by atomic mass is 16.5. The summed E-state index contributed by atoms with van der Waals surface area (Å²) in [6.07, 6.45) is 30.9. The summed E-state index contributed by atoms with van der Waals surface area (Å²) in [5.41, 5.74) is -0.877. The Balaban J connectivity index is 2.42. The van der Waals surface area contributed by atoms with Crippen LogP contribution in [0.4, 0.5) is 0 Å². The van der Waals surface area contributed by atoms with Crippen LogP contribution in [0.1, 0.15) is 188 Å². The summed E-state index contributed by atoms with van der Waals surface area (Å²) in [5, 5.41) is 9.76. The van der Waals surface area contributed by atoms with Gasteiger partial charge in [0, 0.05) is 0 Å². The van der Waals surface area contributed by atoms with E-state index in [2.05, 4.69) is 13.8 Å². The zero-order valence-corrected chi connectivity index (χ0v) is 25.7. The van der Waals surface area contributed by atoms with Gasteiger partial charge in [-0.15, -0.1) is 0 Å². The number of unbranched alkanes of at least 4 members (excludes halogenated alkanes) is 18. The van der Waals surface area contributed by atoms with Crippen molar-refractivity contribution in [3.63, 3.8) is 0 Å². The number of carbonyl (C=O) groups is 2. The molecule has 4 nitrogen and oxygen atoms in total. The fourth-order valence-electron chi connectivity index (χ4n) is 6.24. The van der Waals surface area contributed by atoms with Gasteiger partial charge in [-0.25, -0.2) is 0 Å². The number of hydrogen-bond donors (Lipinski definition) is 1. The standard InChI is InChI=1S/C34H64O4/c1-4-6-8-10-12-14-16-18-20-22-26-30(27-23-21-19-17-15-13-11-9-7-5-2)38-33(37)34(3)29-25-24-28-31(34)32(35)36/h30-31H,4-29H2,1-3H3,(H,35,36). The van der Waals surface area contributed by atoms with Crippen molar-refractivity contribution in [1.82, 2.24) is 0 Å². The van der Waals surface area contributed by atoms with Crippen LogP contribution in [0.25, 0.3) is 0 Å². The highest BCUT2D eigenvalue weighted by Crippen LogP contribution is 2.42. The molecule has 0 aliphatic heterocycles. The fraction of sp³-hybridized carbons (Fsp3) is 0.941. The Bertz CT molecular complexity index is 565. The Kier molecular flexibility index (Phi) is 20.9. The van der Waals surface area contributed by atoms with Gasteiger partial charge in [-0.1, -0.05) is 142 Å². The van der Waals surface area contributed by atoms with Crippen molar-refractivity contribution in [2.24, 2.45) is 11.3 Å². The van der Waals surface area contributed by atoms with Crippen LogP contribution >= 0.6 is 0 Å². The Morgan fingerprint density at radius 3 is 1.47 bits per heavy atom. The van der Waals surface area contributed by atoms with Crippen molar-refractivity contribution in [3.05, 3.63) is 0 Å². The van der Waals surface area contributed by atoms with Crippen molar-refractivity contribution in [2.75, 3.05) is 0 Å². The van der Waals surface area contributed by atoms with Gasteiger partial charge in [0.2, 0.25) is 0 Å². The molecule has 2 atom stereocenters. The van der Waals surface area contributed by atoms with Gasteiger partial charge in [0.05, 0.1) is 11.3 Å². The molecule has 4 heteroatoms. The van der Waals surface area contributed by atoms with Gasteiger partial charge in [-0.3, -0.25) is 9.59 Å². The molecule has 0 aromatic heterocycles. The van der Waals surface area contributed by atoms with Crippen LogP contribution in [0.5, 0.6) is 0 Å². The molecule has 0 amide bonds. The Morgan fingerprint density at radius 2 is 1.08 bits per heavy atom. The smallest absolute Gasteiger partial charge is 0.312 e. The van der Waals surface area contributed by atoms with Gasteiger partial charge >= 0.3 is 11.9 Å². The zero-order valence-electron chi connectivity index (χ0n) is 25.7. The SMILES string of the molecule is CCCCCCCCCCCCC(CCCCCCCCCCCC)OC(=O)C1(C)CCCCC1C(=O)O. The average molecular weight is 537 g/mol. The summed E-state index contributed by atoms with van der Waals surface area (Å²) in [7, 11) is 0. The molecule has 1 fully saturated rings. The molecular formula is C34H64O4. The summed E-state index contributed by atoms with van der Waals surface area (Å²) in [6, 6.07) is 0. The molecule has 0 spiro atoms. The molecule has 1 rings (SSSR count). The molecule has 2 unspecified atom stereocenters. The lowest BCUT2D eigenvalue weighted by Gasteiger charge is -2.37. The van der Waals surface area contributed by atoms with Crippen molar-refractivity contribution in [2.45, 2.75) is 194 Å². The molecule has 1 aliphatic carbocycles. The maximum absolute atomic E-state index is 13.3. The lowest BCUT2D eigenvalue weighted by atomic mass is 9.67. The topological polar surface area (TPSA) is 63.6 Å². The Labute approximate surface area is 236 Å². The van der Waals surface area contributed by atoms with Gasteiger partial charge in [-0.2, -0.15) is 0 Å². The monoisotopic (exact) mass is 536 g/mol.